The van der Waals surface area contributed by atoms with Crippen LogP contribution in [0.25, 0.3) is 0 Å². The van der Waals surface area contributed by atoms with Crippen LogP contribution in [-0.2, 0) is 0 Å². The molecule has 0 aromatic carbocycles. The molecule has 2 atom stereocenters. The Hall–Kier alpha value is -0.0400. The lowest BCUT2D eigenvalue weighted by Gasteiger charge is -2.37. The molecule has 0 bridgehead atoms. The van der Waals surface area contributed by atoms with Gasteiger partial charge >= 0.3 is 0 Å². The number of nitrogens with one attached hydrogen (secondary N) is 1. The van der Waals surface area contributed by atoms with Crippen LogP contribution in [0.15, 0.2) is 0 Å². The molecule has 0 spiro atoms. The molecule has 1 fully saturated rings. The van der Waals surface area contributed by atoms with Crippen molar-refractivity contribution in [3.63, 3.8) is 0 Å². The second-order valence-electron chi connectivity index (χ2n) is 4.75. The topological polar surface area (TPSA) is 12.0 Å². The Morgan fingerprint density at radius 1 is 1.00 bits per heavy atom. The van der Waals surface area contributed by atoms with Gasteiger partial charge in [-0.25, -0.2) is 0 Å². The molecule has 0 aromatic rings. The average molecular weight is 197 g/mol. The second kappa shape index (κ2) is 7.28. The predicted octanol–water partition coefficient (Wildman–Crippen LogP) is 3.59. The van der Waals surface area contributed by atoms with Crippen LogP contribution < -0.4 is 5.32 Å². The lowest BCUT2D eigenvalue weighted by atomic mass is 9.71. The minimum atomic E-state index is 1.01. The normalized spacial score (nSPS) is 26.1. The molecule has 1 aliphatic rings. The van der Waals surface area contributed by atoms with E-state index >= 15 is 0 Å². The molecule has 2 unspecified atom stereocenters. The highest BCUT2D eigenvalue weighted by Gasteiger charge is 2.29. The molecule has 0 saturated heterocycles. The maximum absolute atomic E-state index is 3.48. The first-order chi connectivity index (χ1) is 6.88. The van der Waals surface area contributed by atoms with Gasteiger partial charge in [0.05, 0.1) is 0 Å². The number of hydrogen-bond acceptors (Lipinski definition) is 1. The number of rotatable bonds is 8. The predicted molar refractivity (Wildman–Crippen MR) is 63.5 cm³/mol. The highest BCUT2D eigenvalue weighted by Crippen LogP contribution is 2.37. The third-order valence-corrected chi connectivity index (χ3v) is 3.66. The Morgan fingerprint density at radius 3 is 2.36 bits per heavy atom. The lowest BCUT2D eigenvalue weighted by Crippen LogP contribution is -2.35. The highest BCUT2D eigenvalue weighted by molar-refractivity contribution is 4.81. The Bertz CT molecular complexity index is 133. The summed E-state index contributed by atoms with van der Waals surface area (Å²) >= 11 is 0. The molecular formula is C13H27N. The highest BCUT2D eigenvalue weighted by atomic mass is 14.9. The monoisotopic (exact) mass is 197 g/mol. The smallest absolute Gasteiger partial charge is 0.00180 e. The summed E-state index contributed by atoms with van der Waals surface area (Å²) in [5.74, 6) is 2.07. The molecule has 1 saturated carbocycles. The molecule has 84 valence electrons. The summed E-state index contributed by atoms with van der Waals surface area (Å²) in [6.45, 7) is 6.90. The van der Waals surface area contributed by atoms with Crippen molar-refractivity contribution >= 4 is 0 Å². The number of unbranched alkanes of at least 4 members (excludes halogenated alkanes) is 3. The first-order valence-electron chi connectivity index (χ1n) is 6.59. The van der Waals surface area contributed by atoms with E-state index < -0.39 is 0 Å². The fourth-order valence-corrected chi connectivity index (χ4v) is 2.45. The summed E-state index contributed by atoms with van der Waals surface area (Å²) in [7, 11) is 0. The van der Waals surface area contributed by atoms with Gasteiger partial charge in [0.2, 0.25) is 0 Å². The first kappa shape index (κ1) is 12.0. The van der Waals surface area contributed by atoms with E-state index in [1.54, 1.807) is 0 Å². The van der Waals surface area contributed by atoms with Crippen LogP contribution in [0, 0.1) is 11.8 Å². The van der Waals surface area contributed by atoms with Crippen molar-refractivity contribution in [2.24, 2.45) is 11.8 Å². The Labute approximate surface area is 89.7 Å². The standard InChI is InChI=1S/C13H27N/c1-3-5-6-7-8-12-9-10-13(12)11-14-4-2/h12-14H,3-11H2,1-2H3. The molecule has 0 aliphatic heterocycles. The quantitative estimate of drug-likeness (QED) is 0.586. The zero-order valence-corrected chi connectivity index (χ0v) is 10.0. The molecule has 14 heavy (non-hydrogen) atoms. The van der Waals surface area contributed by atoms with Crippen LogP contribution in [0.3, 0.4) is 0 Å². The van der Waals surface area contributed by atoms with Crippen molar-refractivity contribution in [1.29, 1.82) is 0 Å². The van der Waals surface area contributed by atoms with Gasteiger partial charge in [-0.2, -0.15) is 0 Å². The van der Waals surface area contributed by atoms with Gasteiger partial charge in [0.1, 0.15) is 0 Å². The SMILES string of the molecule is CCCCCCC1CCC1CNCC. The molecule has 1 heteroatoms. The van der Waals surface area contributed by atoms with Crippen molar-refractivity contribution in [2.45, 2.75) is 58.8 Å². The fourth-order valence-electron chi connectivity index (χ4n) is 2.45. The van der Waals surface area contributed by atoms with Crippen LogP contribution >= 0.6 is 0 Å². The van der Waals surface area contributed by atoms with Gasteiger partial charge in [-0.3, -0.25) is 0 Å². The van der Waals surface area contributed by atoms with E-state index in [0.29, 0.717) is 0 Å². The molecule has 0 aromatic heterocycles. The minimum Gasteiger partial charge on any atom is -0.317 e. The average Bonchev–Trinajstić information content (AvgIpc) is 2.16. The van der Waals surface area contributed by atoms with E-state index in [-0.39, 0.29) is 0 Å². The molecular weight excluding hydrogens is 170 g/mol. The van der Waals surface area contributed by atoms with E-state index in [4.69, 9.17) is 0 Å². The van der Waals surface area contributed by atoms with Crippen LogP contribution in [0.5, 0.6) is 0 Å². The Morgan fingerprint density at radius 2 is 1.79 bits per heavy atom. The molecule has 0 heterocycles. The number of hydrogen-bond donors (Lipinski definition) is 1. The van der Waals surface area contributed by atoms with Crippen molar-refractivity contribution in [1.82, 2.24) is 5.32 Å². The van der Waals surface area contributed by atoms with Gasteiger partial charge in [-0.15, -0.1) is 0 Å². The molecule has 1 nitrogen and oxygen atoms in total. The van der Waals surface area contributed by atoms with Gasteiger partial charge in [-0.05, 0) is 37.8 Å². The molecule has 1 N–H and O–H groups in total. The largest absolute Gasteiger partial charge is 0.317 e. The Balaban J connectivity index is 1.96. The summed E-state index contributed by atoms with van der Waals surface area (Å²) < 4.78 is 0. The van der Waals surface area contributed by atoms with Crippen LogP contribution in [0.4, 0.5) is 0 Å². The molecule has 0 amide bonds. The Kier molecular flexibility index (Phi) is 6.25. The second-order valence-corrected chi connectivity index (χ2v) is 4.75. The van der Waals surface area contributed by atoms with Crippen molar-refractivity contribution in [2.75, 3.05) is 13.1 Å². The van der Waals surface area contributed by atoms with E-state index in [9.17, 15) is 0 Å². The van der Waals surface area contributed by atoms with Gasteiger partial charge in [0, 0.05) is 0 Å². The summed E-state index contributed by atoms with van der Waals surface area (Å²) in [5, 5.41) is 3.48. The van der Waals surface area contributed by atoms with Crippen LogP contribution in [0.2, 0.25) is 0 Å². The summed E-state index contributed by atoms with van der Waals surface area (Å²) in [5.41, 5.74) is 0. The van der Waals surface area contributed by atoms with Gasteiger partial charge < -0.3 is 5.32 Å². The van der Waals surface area contributed by atoms with E-state index in [1.165, 1.54) is 51.5 Å². The maximum Gasteiger partial charge on any atom is -0.00180 e. The minimum absolute atomic E-state index is 1.01. The molecule has 1 rings (SSSR count). The van der Waals surface area contributed by atoms with Gasteiger partial charge in [-0.1, -0.05) is 46.0 Å². The first-order valence-corrected chi connectivity index (χ1v) is 6.59. The zero-order chi connectivity index (χ0) is 10.2. The fraction of sp³-hybridized carbons (Fsp3) is 1.00. The van der Waals surface area contributed by atoms with E-state index in [1.807, 2.05) is 0 Å². The van der Waals surface area contributed by atoms with E-state index in [0.717, 1.165) is 18.4 Å². The third kappa shape index (κ3) is 4.00. The van der Waals surface area contributed by atoms with Crippen molar-refractivity contribution in [3.8, 4) is 0 Å². The summed E-state index contributed by atoms with van der Waals surface area (Å²) in [6.07, 6.45) is 10.2. The molecule has 1 aliphatic carbocycles. The van der Waals surface area contributed by atoms with Crippen molar-refractivity contribution < 1.29 is 0 Å². The summed E-state index contributed by atoms with van der Waals surface area (Å²) in [4.78, 5) is 0. The van der Waals surface area contributed by atoms with E-state index in [2.05, 4.69) is 19.2 Å². The third-order valence-electron chi connectivity index (χ3n) is 3.66. The maximum atomic E-state index is 3.48. The molecule has 0 radical (unpaired) electrons. The van der Waals surface area contributed by atoms with Crippen LogP contribution in [0.1, 0.15) is 58.8 Å². The lowest BCUT2D eigenvalue weighted by molar-refractivity contribution is 0.157. The zero-order valence-electron chi connectivity index (χ0n) is 10.0. The van der Waals surface area contributed by atoms with Gasteiger partial charge in [0.25, 0.3) is 0 Å². The van der Waals surface area contributed by atoms with Gasteiger partial charge in [0.15, 0.2) is 0 Å². The van der Waals surface area contributed by atoms with Crippen molar-refractivity contribution in [3.05, 3.63) is 0 Å². The summed E-state index contributed by atoms with van der Waals surface area (Å²) in [6, 6.07) is 0. The van der Waals surface area contributed by atoms with Crippen LogP contribution in [-0.4, -0.2) is 13.1 Å².